The fourth-order valence-electron chi connectivity index (χ4n) is 1.83. The van der Waals surface area contributed by atoms with Gasteiger partial charge in [-0.15, -0.1) is 0 Å². The van der Waals surface area contributed by atoms with E-state index in [9.17, 15) is 4.79 Å². The molecule has 0 aliphatic carbocycles. The van der Waals surface area contributed by atoms with Gasteiger partial charge in [-0.2, -0.15) is 0 Å². The standard InChI is InChI=1S/C10H21NO2/c1-5-7-10(6-2,11(3)4)8-9(12)13/h5-8H2,1-4H3,(H,12,13). The molecule has 0 aliphatic rings. The van der Waals surface area contributed by atoms with E-state index in [0.29, 0.717) is 0 Å². The van der Waals surface area contributed by atoms with Crippen LogP contribution in [0.4, 0.5) is 0 Å². The Morgan fingerprint density at radius 2 is 1.92 bits per heavy atom. The number of carboxylic acid groups (broad SMARTS) is 1. The maximum absolute atomic E-state index is 10.7. The Labute approximate surface area is 80.7 Å². The average molecular weight is 187 g/mol. The molecule has 0 radical (unpaired) electrons. The van der Waals surface area contributed by atoms with E-state index >= 15 is 0 Å². The molecule has 78 valence electrons. The fourth-order valence-corrected chi connectivity index (χ4v) is 1.83. The van der Waals surface area contributed by atoms with Crippen LogP contribution >= 0.6 is 0 Å². The number of aliphatic carboxylic acids is 1. The van der Waals surface area contributed by atoms with Gasteiger partial charge in [0.15, 0.2) is 0 Å². The molecule has 0 aromatic carbocycles. The molecule has 0 aromatic rings. The highest BCUT2D eigenvalue weighted by Gasteiger charge is 2.32. The molecule has 0 saturated carbocycles. The molecule has 3 heteroatoms. The molecule has 0 aliphatic heterocycles. The fraction of sp³-hybridized carbons (Fsp3) is 0.900. The Morgan fingerprint density at radius 1 is 1.38 bits per heavy atom. The van der Waals surface area contributed by atoms with Crippen molar-refractivity contribution in [2.75, 3.05) is 14.1 Å². The summed E-state index contributed by atoms with van der Waals surface area (Å²) < 4.78 is 0. The minimum absolute atomic E-state index is 0.152. The highest BCUT2D eigenvalue weighted by Crippen LogP contribution is 2.27. The summed E-state index contributed by atoms with van der Waals surface area (Å²) in [6.45, 7) is 4.15. The van der Waals surface area contributed by atoms with Crippen LogP contribution in [0.5, 0.6) is 0 Å². The number of hydrogen-bond donors (Lipinski definition) is 1. The summed E-state index contributed by atoms with van der Waals surface area (Å²) in [4.78, 5) is 12.8. The highest BCUT2D eigenvalue weighted by molar-refractivity contribution is 5.68. The molecule has 0 rings (SSSR count). The second-order valence-corrected chi connectivity index (χ2v) is 3.79. The molecule has 0 heterocycles. The molecule has 1 N–H and O–H groups in total. The third-order valence-corrected chi connectivity index (χ3v) is 2.80. The number of carboxylic acids is 1. The molecular weight excluding hydrogens is 166 g/mol. The van der Waals surface area contributed by atoms with Crippen molar-refractivity contribution in [3.8, 4) is 0 Å². The molecule has 0 saturated heterocycles. The monoisotopic (exact) mass is 187 g/mol. The predicted molar refractivity (Wildman–Crippen MR) is 53.9 cm³/mol. The van der Waals surface area contributed by atoms with Gasteiger partial charge in [0.1, 0.15) is 0 Å². The number of carbonyl (C=O) groups is 1. The normalized spacial score (nSPS) is 15.8. The van der Waals surface area contributed by atoms with Gasteiger partial charge in [0.2, 0.25) is 0 Å². The average Bonchev–Trinajstić information content (AvgIpc) is 2.02. The van der Waals surface area contributed by atoms with Gasteiger partial charge >= 0.3 is 5.97 Å². The van der Waals surface area contributed by atoms with Crippen molar-refractivity contribution in [2.24, 2.45) is 0 Å². The van der Waals surface area contributed by atoms with E-state index in [0.717, 1.165) is 19.3 Å². The van der Waals surface area contributed by atoms with Crippen molar-refractivity contribution in [1.29, 1.82) is 0 Å². The molecule has 0 spiro atoms. The molecule has 0 aromatic heterocycles. The van der Waals surface area contributed by atoms with Crippen molar-refractivity contribution < 1.29 is 9.90 Å². The summed E-state index contributed by atoms with van der Waals surface area (Å²) in [5, 5.41) is 8.83. The van der Waals surface area contributed by atoms with E-state index in [1.165, 1.54) is 0 Å². The second kappa shape index (κ2) is 5.22. The molecule has 3 nitrogen and oxygen atoms in total. The smallest absolute Gasteiger partial charge is 0.305 e. The van der Waals surface area contributed by atoms with Gasteiger partial charge in [0.25, 0.3) is 0 Å². The van der Waals surface area contributed by atoms with Crippen molar-refractivity contribution in [1.82, 2.24) is 4.90 Å². The molecule has 1 atom stereocenters. The zero-order valence-electron chi connectivity index (χ0n) is 9.13. The lowest BCUT2D eigenvalue weighted by Crippen LogP contribution is -2.45. The van der Waals surface area contributed by atoms with Crippen LogP contribution in [-0.2, 0) is 4.79 Å². The summed E-state index contributed by atoms with van der Waals surface area (Å²) in [5.74, 6) is -0.705. The molecule has 13 heavy (non-hydrogen) atoms. The Balaban J connectivity index is 4.53. The summed E-state index contributed by atoms with van der Waals surface area (Å²) in [5.41, 5.74) is -0.152. The zero-order valence-corrected chi connectivity index (χ0v) is 9.13. The molecular formula is C10H21NO2. The van der Waals surface area contributed by atoms with Crippen molar-refractivity contribution in [2.45, 2.75) is 45.1 Å². The number of nitrogens with zero attached hydrogens (tertiary/aromatic N) is 1. The quantitative estimate of drug-likeness (QED) is 0.691. The first kappa shape index (κ1) is 12.4. The Kier molecular flexibility index (Phi) is 4.99. The van der Waals surface area contributed by atoms with Crippen molar-refractivity contribution >= 4 is 5.97 Å². The van der Waals surface area contributed by atoms with Crippen LogP contribution in [0.3, 0.4) is 0 Å². The Morgan fingerprint density at radius 3 is 2.15 bits per heavy atom. The van der Waals surface area contributed by atoms with Crippen molar-refractivity contribution in [3.05, 3.63) is 0 Å². The third kappa shape index (κ3) is 3.35. The third-order valence-electron chi connectivity index (χ3n) is 2.80. The van der Waals surface area contributed by atoms with Gasteiger partial charge in [0, 0.05) is 5.54 Å². The van der Waals surface area contributed by atoms with Crippen LogP contribution in [0.2, 0.25) is 0 Å². The van der Waals surface area contributed by atoms with Crippen LogP contribution in [0.25, 0.3) is 0 Å². The van der Waals surface area contributed by atoms with Crippen LogP contribution in [0.1, 0.15) is 39.5 Å². The number of rotatable bonds is 6. The van der Waals surface area contributed by atoms with E-state index in [1.807, 2.05) is 19.0 Å². The molecule has 1 unspecified atom stereocenters. The van der Waals surface area contributed by atoms with Gasteiger partial charge in [0.05, 0.1) is 6.42 Å². The summed E-state index contributed by atoms with van der Waals surface area (Å²) >= 11 is 0. The number of hydrogen-bond acceptors (Lipinski definition) is 2. The van der Waals surface area contributed by atoms with Gasteiger partial charge < -0.3 is 10.0 Å². The SMILES string of the molecule is CCCC(CC)(CC(=O)O)N(C)C. The summed E-state index contributed by atoms with van der Waals surface area (Å²) in [6.07, 6.45) is 3.10. The first-order valence-corrected chi connectivity index (χ1v) is 4.87. The second-order valence-electron chi connectivity index (χ2n) is 3.79. The van der Waals surface area contributed by atoms with Crippen LogP contribution < -0.4 is 0 Å². The minimum Gasteiger partial charge on any atom is -0.481 e. The van der Waals surface area contributed by atoms with E-state index in [4.69, 9.17) is 5.11 Å². The van der Waals surface area contributed by atoms with Crippen LogP contribution in [0.15, 0.2) is 0 Å². The minimum atomic E-state index is -0.705. The van der Waals surface area contributed by atoms with E-state index in [-0.39, 0.29) is 12.0 Å². The lowest BCUT2D eigenvalue weighted by molar-refractivity contribution is -0.140. The van der Waals surface area contributed by atoms with Gasteiger partial charge in [-0.25, -0.2) is 0 Å². The van der Waals surface area contributed by atoms with E-state index < -0.39 is 5.97 Å². The van der Waals surface area contributed by atoms with Crippen molar-refractivity contribution in [3.63, 3.8) is 0 Å². The first-order valence-electron chi connectivity index (χ1n) is 4.87. The Hall–Kier alpha value is -0.570. The topological polar surface area (TPSA) is 40.5 Å². The maximum Gasteiger partial charge on any atom is 0.305 e. The van der Waals surface area contributed by atoms with E-state index in [2.05, 4.69) is 13.8 Å². The molecule has 0 amide bonds. The zero-order chi connectivity index (χ0) is 10.5. The van der Waals surface area contributed by atoms with Gasteiger partial charge in [-0.3, -0.25) is 4.79 Å². The highest BCUT2D eigenvalue weighted by atomic mass is 16.4. The lowest BCUT2D eigenvalue weighted by atomic mass is 9.86. The van der Waals surface area contributed by atoms with E-state index in [1.54, 1.807) is 0 Å². The predicted octanol–water partition coefficient (Wildman–Crippen LogP) is 1.97. The van der Waals surface area contributed by atoms with Gasteiger partial charge in [-0.05, 0) is 26.9 Å². The van der Waals surface area contributed by atoms with Crippen LogP contribution in [-0.4, -0.2) is 35.6 Å². The largest absolute Gasteiger partial charge is 0.481 e. The van der Waals surface area contributed by atoms with Crippen LogP contribution in [0, 0.1) is 0 Å². The molecule has 0 bridgehead atoms. The van der Waals surface area contributed by atoms with Gasteiger partial charge in [-0.1, -0.05) is 20.3 Å². The maximum atomic E-state index is 10.7. The Bertz CT molecular complexity index is 168. The first-order chi connectivity index (χ1) is 5.98. The lowest BCUT2D eigenvalue weighted by Gasteiger charge is -2.38. The summed E-state index contributed by atoms with van der Waals surface area (Å²) in [7, 11) is 3.92. The molecule has 0 fully saturated rings. The summed E-state index contributed by atoms with van der Waals surface area (Å²) in [6, 6.07) is 0.